The maximum Gasteiger partial charge on any atom is 0.310 e. The summed E-state index contributed by atoms with van der Waals surface area (Å²) in [6.45, 7) is 1.16. The van der Waals surface area contributed by atoms with Crippen LogP contribution in [0.25, 0.3) is 0 Å². The van der Waals surface area contributed by atoms with Gasteiger partial charge in [0.2, 0.25) is 11.9 Å². The molecule has 1 atom stereocenters. The first-order valence-corrected chi connectivity index (χ1v) is 8.90. The molecule has 4 N–H and O–H groups in total. The van der Waals surface area contributed by atoms with E-state index < -0.39 is 0 Å². The molecular weight excluding hydrogens is 362 g/mol. The highest BCUT2D eigenvalue weighted by Gasteiger charge is 2.34. The van der Waals surface area contributed by atoms with Gasteiger partial charge in [-0.2, -0.15) is 4.98 Å². The second kappa shape index (κ2) is 8.55. The van der Waals surface area contributed by atoms with E-state index in [-0.39, 0.29) is 42.6 Å². The Morgan fingerprint density at radius 2 is 2.18 bits per heavy atom. The van der Waals surface area contributed by atoms with Crippen LogP contribution in [0.15, 0.2) is 30.5 Å². The van der Waals surface area contributed by atoms with Crippen LogP contribution in [0.4, 0.5) is 11.8 Å². The van der Waals surface area contributed by atoms with Crippen LogP contribution >= 0.6 is 0 Å². The lowest BCUT2D eigenvalue weighted by Crippen LogP contribution is -2.28. The Morgan fingerprint density at radius 3 is 2.93 bits per heavy atom. The number of carbonyl (C=O) groups excluding carboxylic acids is 2. The average molecular weight is 385 g/mol. The zero-order valence-corrected chi connectivity index (χ0v) is 15.6. The molecule has 1 aliphatic rings. The third kappa shape index (κ3) is 4.67. The third-order valence-electron chi connectivity index (χ3n) is 4.63. The number of amides is 1. The van der Waals surface area contributed by atoms with Crippen molar-refractivity contribution in [1.29, 1.82) is 0 Å². The number of aromatic nitrogens is 2. The number of ether oxygens (including phenoxy) is 2. The number of anilines is 2. The summed E-state index contributed by atoms with van der Waals surface area (Å²) < 4.78 is 10.5. The van der Waals surface area contributed by atoms with Gasteiger partial charge in [-0.15, -0.1) is 0 Å². The maximum atomic E-state index is 12.1. The molecular formula is C19H23N5O4. The molecule has 1 amide bonds. The van der Waals surface area contributed by atoms with Gasteiger partial charge in [0.05, 0.1) is 18.6 Å². The van der Waals surface area contributed by atoms with Gasteiger partial charge in [0.15, 0.2) is 0 Å². The van der Waals surface area contributed by atoms with E-state index in [0.717, 1.165) is 5.56 Å². The number of nitrogens with two attached hydrogens (primary N) is 2. The summed E-state index contributed by atoms with van der Waals surface area (Å²) in [6, 6.07) is 7.60. The summed E-state index contributed by atoms with van der Waals surface area (Å²) in [7, 11) is 1.34. The van der Waals surface area contributed by atoms with E-state index in [9.17, 15) is 9.59 Å². The second-order valence-corrected chi connectivity index (χ2v) is 6.59. The molecule has 9 heteroatoms. The summed E-state index contributed by atoms with van der Waals surface area (Å²) >= 11 is 0. The summed E-state index contributed by atoms with van der Waals surface area (Å²) in [5, 5.41) is 0. The Hall–Kier alpha value is -3.36. The van der Waals surface area contributed by atoms with Gasteiger partial charge in [-0.3, -0.25) is 9.59 Å². The van der Waals surface area contributed by atoms with Crippen molar-refractivity contribution in [3.05, 3.63) is 41.6 Å². The average Bonchev–Trinajstić information content (AvgIpc) is 3.06. The highest BCUT2D eigenvalue weighted by atomic mass is 16.5. The quantitative estimate of drug-likeness (QED) is 0.668. The van der Waals surface area contributed by atoms with E-state index in [2.05, 4.69) is 9.97 Å². The zero-order valence-electron chi connectivity index (χ0n) is 15.6. The number of hydrogen-bond acceptors (Lipinski definition) is 8. The standard InChI is InChI=1S/C19H23N5O4/c1-27-18(26)13-8-16(25)24(10-13)6-5-12-3-2-4-15(7-12)28-11-14-9-22-19(21)23-17(14)20/h2-4,7,9,13H,5-6,8,10-11H2,1H3,(H4,20,21,22,23). The van der Waals surface area contributed by atoms with Crippen LogP contribution < -0.4 is 16.2 Å². The Morgan fingerprint density at radius 1 is 1.36 bits per heavy atom. The van der Waals surface area contributed by atoms with Crippen molar-refractivity contribution < 1.29 is 19.1 Å². The molecule has 1 unspecified atom stereocenters. The van der Waals surface area contributed by atoms with Gasteiger partial charge >= 0.3 is 5.97 Å². The van der Waals surface area contributed by atoms with E-state index in [4.69, 9.17) is 20.9 Å². The highest BCUT2D eigenvalue weighted by molar-refractivity contribution is 5.86. The number of likely N-dealkylation sites (tertiary alicyclic amines) is 1. The van der Waals surface area contributed by atoms with Crippen LogP contribution in [0.5, 0.6) is 5.75 Å². The number of methoxy groups -OCH3 is 1. The predicted octanol–water partition coefficient (Wildman–Crippen LogP) is 0.784. The molecule has 2 aromatic rings. The molecule has 0 spiro atoms. The summed E-state index contributed by atoms with van der Waals surface area (Å²) in [5.74, 6) is 0.345. The molecule has 1 aromatic carbocycles. The lowest BCUT2D eigenvalue weighted by atomic mass is 10.1. The molecule has 148 valence electrons. The SMILES string of the molecule is COC(=O)C1CC(=O)N(CCc2cccc(OCc3cnc(N)nc3N)c2)C1. The summed E-state index contributed by atoms with van der Waals surface area (Å²) in [5.41, 5.74) is 13.0. The van der Waals surface area contributed by atoms with Crippen molar-refractivity contribution in [2.24, 2.45) is 5.92 Å². The molecule has 9 nitrogen and oxygen atoms in total. The Kier molecular flexibility index (Phi) is 5.93. The third-order valence-corrected chi connectivity index (χ3v) is 4.63. The molecule has 0 saturated carbocycles. The van der Waals surface area contributed by atoms with Gasteiger partial charge in [0, 0.05) is 25.7 Å². The number of nitrogen functional groups attached to an aromatic ring is 2. The molecule has 0 bridgehead atoms. The van der Waals surface area contributed by atoms with Crippen molar-refractivity contribution in [3.8, 4) is 5.75 Å². The minimum absolute atomic E-state index is 0.0263. The zero-order chi connectivity index (χ0) is 20.1. The largest absolute Gasteiger partial charge is 0.489 e. The number of hydrogen-bond donors (Lipinski definition) is 2. The van der Waals surface area contributed by atoms with E-state index >= 15 is 0 Å². The van der Waals surface area contributed by atoms with Crippen LogP contribution in [0, 0.1) is 5.92 Å². The summed E-state index contributed by atoms with van der Waals surface area (Å²) in [4.78, 5) is 33.2. The molecule has 2 heterocycles. The molecule has 1 aromatic heterocycles. The minimum Gasteiger partial charge on any atom is -0.489 e. The van der Waals surface area contributed by atoms with Crippen molar-refractivity contribution in [1.82, 2.24) is 14.9 Å². The lowest BCUT2D eigenvalue weighted by molar-refractivity contribution is -0.145. The Bertz CT molecular complexity index is 873. The fourth-order valence-electron chi connectivity index (χ4n) is 3.07. The van der Waals surface area contributed by atoms with Crippen molar-refractivity contribution in [3.63, 3.8) is 0 Å². The number of esters is 1. The fraction of sp³-hybridized carbons (Fsp3) is 0.368. The molecule has 0 aliphatic carbocycles. The maximum absolute atomic E-state index is 12.1. The van der Waals surface area contributed by atoms with E-state index in [1.165, 1.54) is 13.3 Å². The van der Waals surface area contributed by atoms with E-state index in [1.807, 2.05) is 24.3 Å². The topological polar surface area (TPSA) is 134 Å². The first-order chi connectivity index (χ1) is 13.5. The fourth-order valence-corrected chi connectivity index (χ4v) is 3.07. The highest BCUT2D eigenvalue weighted by Crippen LogP contribution is 2.21. The minimum atomic E-state index is -0.375. The number of nitrogens with zero attached hydrogens (tertiary/aromatic N) is 3. The Labute approximate surface area is 162 Å². The van der Waals surface area contributed by atoms with Gasteiger partial charge in [0.1, 0.15) is 18.2 Å². The molecule has 1 fully saturated rings. The lowest BCUT2D eigenvalue weighted by Gasteiger charge is -2.16. The first-order valence-electron chi connectivity index (χ1n) is 8.90. The number of carbonyl (C=O) groups is 2. The van der Waals surface area contributed by atoms with Gasteiger partial charge in [0.25, 0.3) is 0 Å². The smallest absolute Gasteiger partial charge is 0.310 e. The molecule has 3 rings (SSSR count). The molecule has 28 heavy (non-hydrogen) atoms. The van der Waals surface area contributed by atoms with Gasteiger partial charge in [-0.05, 0) is 24.1 Å². The molecule has 0 radical (unpaired) electrons. The van der Waals surface area contributed by atoms with E-state index in [1.54, 1.807) is 4.90 Å². The van der Waals surface area contributed by atoms with Crippen LogP contribution in [-0.4, -0.2) is 46.9 Å². The summed E-state index contributed by atoms with van der Waals surface area (Å²) in [6.07, 6.45) is 2.41. The first kappa shape index (κ1) is 19.4. The van der Waals surface area contributed by atoms with Crippen molar-refractivity contribution >= 4 is 23.6 Å². The Balaban J connectivity index is 1.55. The van der Waals surface area contributed by atoms with Crippen molar-refractivity contribution in [2.75, 3.05) is 31.7 Å². The predicted molar refractivity (Wildman–Crippen MR) is 102 cm³/mol. The van der Waals surface area contributed by atoms with Crippen LogP contribution in [0.1, 0.15) is 17.5 Å². The van der Waals surface area contributed by atoms with Gasteiger partial charge in [-0.1, -0.05) is 12.1 Å². The van der Waals surface area contributed by atoms with Gasteiger partial charge < -0.3 is 25.8 Å². The number of benzene rings is 1. The number of rotatable bonds is 7. The van der Waals surface area contributed by atoms with Crippen LogP contribution in [0.2, 0.25) is 0 Å². The second-order valence-electron chi connectivity index (χ2n) is 6.59. The van der Waals surface area contributed by atoms with Crippen LogP contribution in [0.3, 0.4) is 0 Å². The normalized spacial score (nSPS) is 16.2. The monoisotopic (exact) mass is 385 g/mol. The molecule has 1 saturated heterocycles. The van der Waals surface area contributed by atoms with Crippen molar-refractivity contribution in [2.45, 2.75) is 19.4 Å². The van der Waals surface area contributed by atoms with Gasteiger partial charge in [-0.25, -0.2) is 4.98 Å². The molecule has 1 aliphatic heterocycles. The van der Waals surface area contributed by atoms with Crippen LogP contribution in [-0.2, 0) is 27.4 Å². The van der Waals surface area contributed by atoms with E-state index in [0.29, 0.717) is 30.8 Å².